The molecule has 0 N–H and O–H groups in total. The van der Waals surface area contributed by atoms with E-state index in [0.717, 1.165) is 12.8 Å². The summed E-state index contributed by atoms with van der Waals surface area (Å²) in [6.45, 7) is 2.38. The van der Waals surface area contributed by atoms with Gasteiger partial charge in [0.1, 0.15) is 12.2 Å². The Bertz CT molecular complexity index is 1870. The van der Waals surface area contributed by atoms with Crippen molar-refractivity contribution in [1.82, 2.24) is 14.7 Å². The van der Waals surface area contributed by atoms with Gasteiger partial charge in [-0.3, -0.25) is 9.59 Å². The van der Waals surface area contributed by atoms with Gasteiger partial charge in [-0.25, -0.2) is 0 Å². The maximum absolute atomic E-state index is 13.8. The Morgan fingerprint density at radius 3 is 2.25 bits per heavy atom. The van der Waals surface area contributed by atoms with Crippen LogP contribution in [0.2, 0.25) is 10.0 Å². The summed E-state index contributed by atoms with van der Waals surface area (Å²) in [6.07, 6.45) is -7.95. The van der Waals surface area contributed by atoms with Crippen LogP contribution in [0.4, 0.5) is 26.3 Å². The van der Waals surface area contributed by atoms with Crippen molar-refractivity contribution in [2.45, 2.75) is 55.2 Å². The number of likely N-dealkylation sites (N-methyl/N-ethyl adjacent to an activating group) is 1. The van der Waals surface area contributed by atoms with Crippen LogP contribution < -0.4 is 0 Å². The van der Waals surface area contributed by atoms with E-state index in [1.807, 2.05) is 12.1 Å². The van der Waals surface area contributed by atoms with E-state index in [2.05, 4.69) is 17.0 Å². The van der Waals surface area contributed by atoms with Crippen LogP contribution in [0.1, 0.15) is 57.4 Å². The number of nitrogens with zero attached hydrogens (tertiary/aromatic N) is 3. The van der Waals surface area contributed by atoms with Crippen molar-refractivity contribution >= 4 is 35.0 Å². The highest BCUT2D eigenvalue weighted by atomic mass is 35.5. The number of benzene rings is 3. The van der Waals surface area contributed by atoms with E-state index >= 15 is 0 Å². The van der Waals surface area contributed by atoms with Gasteiger partial charge in [-0.05, 0) is 85.8 Å². The van der Waals surface area contributed by atoms with Gasteiger partial charge >= 0.3 is 12.4 Å². The predicted octanol–water partition coefficient (Wildman–Crippen LogP) is 7.87. The monoisotopic (exact) mass is 829 g/mol. The minimum atomic E-state index is -5.11. The Balaban J connectivity index is 1.21. The number of morpholine rings is 1. The minimum Gasteiger partial charge on any atom is -0.383 e. The van der Waals surface area contributed by atoms with E-state index < -0.39 is 40.6 Å². The number of ether oxygens (including phenoxy) is 3. The molecular formula is C40H43Cl2F6N3O5. The van der Waals surface area contributed by atoms with Gasteiger partial charge in [0.2, 0.25) is 5.91 Å². The second-order valence-electron chi connectivity index (χ2n) is 14.7. The summed E-state index contributed by atoms with van der Waals surface area (Å²) in [5, 5.41) is 0.494. The summed E-state index contributed by atoms with van der Waals surface area (Å²) < 4.78 is 100. The van der Waals surface area contributed by atoms with Crippen LogP contribution in [0.3, 0.4) is 0 Å². The lowest BCUT2D eigenvalue weighted by Crippen LogP contribution is -2.54. The fourth-order valence-electron chi connectivity index (χ4n) is 8.18. The van der Waals surface area contributed by atoms with Gasteiger partial charge in [0.25, 0.3) is 5.91 Å². The molecule has 6 rings (SSSR count). The number of piperidine rings is 1. The van der Waals surface area contributed by atoms with Crippen LogP contribution in [0, 0.1) is 0 Å². The first-order valence-electron chi connectivity index (χ1n) is 18.3. The molecule has 2 atom stereocenters. The molecule has 0 unspecified atom stereocenters. The van der Waals surface area contributed by atoms with Gasteiger partial charge in [-0.2, -0.15) is 26.3 Å². The summed E-state index contributed by atoms with van der Waals surface area (Å²) in [7, 11) is 3.29. The average molecular weight is 831 g/mol. The molecule has 0 aromatic heterocycles. The third kappa shape index (κ3) is 9.00. The highest BCUT2D eigenvalue weighted by Gasteiger charge is 2.50. The Labute approximate surface area is 331 Å². The Morgan fingerprint density at radius 2 is 1.61 bits per heavy atom. The normalized spacial score (nSPS) is 21.3. The second-order valence-corrected chi connectivity index (χ2v) is 15.5. The van der Waals surface area contributed by atoms with Crippen LogP contribution in [0.25, 0.3) is 0 Å². The molecule has 16 heteroatoms. The van der Waals surface area contributed by atoms with Crippen molar-refractivity contribution in [3.63, 3.8) is 0 Å². The standard InChI is InChI=1S/C40H43Cl2F6N3O5/c1-49(15-17-54-2)35(52)24-55-34-21-26-5-3-4-6-31(26)37(34)9-12-50(13-10-37)14-11-38(28-7-8-32(41)33(42)23-28)25-51(16-18-56-38)36(53)27-19-29(39(43,44)45)22-30(20-27)40(46,47)48/h3-8,19-20,22-23,34H,9-18,21,24-25H2,1-2H3/t34-,38+/m0/s1. The predicted molar refractivity (Wildman–Crippen MR) is 198 cm³/mol. The molecule has 0 saturated carbocycles. The van der Waals surface area contributed by atoms with Gasteiger partial charge in [-0.15, -0.1) is 0 Å². The van der Waals surface area contributed by atoms with Crippen molar-refractivity contribution in [3.05, 3.63) is 104 Å². The number of hydrogen-bond donors (Lipinski definition) is 0. The topological polar surface area (TPSA) is 71.5 Å². The third-order valence-electron chi connectivity index (χ3n) is 11.4. The number of fused-ring (bicyclic) bond motifs is 2. The van der Waals surface area contributed by atoms with Gasteiger partial charge < -0.3 is 28.9 Å². The maximum atomic E-state index is 13.8. The molecule has 2 fully saturated rings. The highest BCUT2D eigenvalue weighted by Crippen LogP contribution is 2.48. The molecule has 8 nitrogen and oxygen atoms in total. The smallest absolute Gasteiger partial charge is 0.383 e. The number of alkyl halides is 6. The van der Waals surface area contributed by atoms with Gasteiger partial charge in [-0.1, -0.05) is 53.5 Å². The van der Waals surface area contributed by atoms with Crippen molar-refractivity contribution in [2.24, 2.45) is 0 Å². The molecule has 0 bridgehead atoms. The SMILES string of the molecule is COCCN(C)C(=O)CO[C@H]1Cc2ccccc2C12CCN(CC[C@]1(c3ccc(Cl)c(Cl)c3)CN(C(=O)c3cc(C(F)(F)F)cc(C(F)(F)F)c3)CCO1)CC2. The van der Waals surface area contributed by atoms with Crippen LogP contribution >= 0.6 is 23.2 Å². The number of hydrogen-bond acceptors (Lipinski definition) is 6. The zero-order valence-electron chi connectivity index (χ0n) is 30.9. The molecule has 2 saturated heterocycles. The first-order chi connectivity index (χ1) is 26.5. The van der Waals surface area contributed by atoms with Crippen molar-refractivity contribution < 1.29 is 50.1 Å². The molecule has 2 aliphatic heterocycles. The Kier molecular flexibility index (Phi) is 12.7. The zero-order chi connectivity index (χ0) is 40.5. The largest absolute Gasteiger partial charge is 0.416 e. The lowest BCUT2D eigenvalue weighted by molar-refractivity contribution is -0.143. The van der Waals surface area contributed by atoms with Crippen molar-refractivity contribution in [1.29, 1.82) is 0 Å². The summed E-state index contributed by atoms with van der Waals surface area (Å²) in [5.74, 6) is -1.12. The minimum absolute atomic E-state index is 0.0000410. The Hall–Kier alpha value is -3.40. The molecule has 2 amide bonds. The number of carbonyl (C=O) groups is 2. The fourth-order valence-corrected chi connectivity index (χ4v) is 8.48. The maximum Gasteiger partial charge on any atom is 0.416 e. The third-order valence-corrected chi connectivity index (χ3v) is 12.1. The number of rotatable bonds is 11. The molecule has 3 aromatic carbocycles. The summed E-state index contributed by atoms with van der Waals surface area (Å²) >= 11 is 12.7. The van der Waals surface area contributed by atoms with Crippen molar-refractivity contribution in [3.8, 4) is 0 Å². The second kappa shape index (κ2) is 16.8. The molecule has 304 valence electrons. The number of halogens is 8. The van der Waals surface area contributed by atoms with E-state index in [-0.39, 0.29) is 59.8 Å². The molecule has 2 heterocycles. The summed E-state index contributed by atoms with van der Waals surface area (Å²) in [6, 6.07) is 14.0. The molecule has 1 spiro atoms. The molecule has 1 aliphatic carbocycles. The lowest BCUT2D eigenvalue weighted by Gasteiger charge is -2.46. The molecule has 3 aromatic rings. The van der Waals surface area contributed by atoms with E-state index in [4.69, 9.17) is 37.4 Å². The Morgan fingerprint density at radius 1 is 0.929 bits per heavy atom. The van der Waals surface area contributed by atoms with Gasteiger partial charge in [0.05, 0.1) is 47.0 Å². The number of likely N-dealkylation sites (tertiary alicyclic amines) is 1. The van der Waals surface area contributed by atoms with E-state index in [1.165, 1.54) is 16.0 Å². The van der Waals surface area contributed by atoms with Crippen LogP contribution in [-0.4, -0.2) is 106 Å². The quantitative estimate of drug-likeness (QED) is 0.184. The molecule has 3 aliphatic rings. The van der Waals surface area contributed by atoms with E-state index in [9.17, 15) is 35.9 Å². The van der Waals surface area contributed by atoms with Crippen molar-refractivity contribution in [2.75, 3.05) is 73.2 Å². The van der Waals surface area contributed by atoms with E-state index in [0.29, 0.717) is 63.3 Å². The zero-order valence-corrected chi connectivity index (χ0v) is 32.5. The van der Waals surface area contributed by atoms with E-state index in [1.54, 1.807) is 37.3 Å². The fraction of sp³-hybridized carbons (Fsp3) is 0.500. The van der Waals surface area contributed by atoms with Gasteiger partial charge in [0.15, 0.2) is 0 Å². The average Bonchev–Trinajstić information content (AvgIpc) is 3.47. The molecular weight excluding hydrogens is 787 g/mol. The number of methoxy groups -OCH3 is 1. The number of carbonyl (C=O) groups excluding carboxylic acids is 2. The highest BCUT2D eigenvalue weighted by molar-refractivity contribution is 6.42. The summed E-state index contributed by atoms with van der Waals surface area (Å²) in [5.41, 5.74) is -2.43. The van der Waals surface area contributed by atoms with Gasteiger partial charge in [0, 0.05) is 44.8 Å². The molecule has 0 radical (unpaired) electrons. The lowest BCUT2D eigenvalue weighted by atomic mass is 9.72. The number of amides is 2. The first kappa shape index (κ1) is 42.2. The molecule has 56 heavy (non-hydrogen) atoms. The van der Waals surface area contributed by atoms with Crippen LogP contribution in [0.15, 0.2) is 60.7 Å². The van der Waals surface area contributed by atoms with Crippen LogP contribution in [0.5, 0.6) is 0 Å². The summed E-state index contributed by atoms with van der Waals surface area (Å²) in [4.78, 5) is 31.8. The van der Waals surface area contributed by atoms with Crippen LogP contribution in [-0.2, 0) is 48.8 Å². The first-order valence-corrected chi connectivity index (χ1v) is 19.0.